The molecule has 0 spiro atoms. The van der Waals surface area contributed by atoms with Gasteiger partial charge in [-0.1, -0.05) is 60.6 Å². The van der Waals surface area contributed by atoms with E-state index in [1.165, 1.54) is 43.3 Å². The summed E-state index contributed by atoms with van der Waals surface area (Å²) < 4.78 is 25.4. The highest BCUT2D eigenvalue weighted by atomic mass is 32.2. The predicted octanol–water partition coefficient (Wildman–Crippen LogP) is 2.61. The van der Waals surface area contributed by atoms with Gasteiger partial charge in [0.05, 0.1) is 4.90 Å². The van der Waals surface area contributed by atoms with Crippen LogP contribution in [0.1, 0.15) is 23.7 Å². The summed E-state index contributed by atoms with van der Waals surface area (Å²) in [6.07, 6.45) is 0.00168. The van der Waals surface area contributed by atoms with Gasteiger partial charge in [-0.15, -0.1) is 0 Å². The summed E-state index contributed by atoms with van der Waals surface area (Å²) in [4.78, 5) is 28.3. The van der Waals surface area contributed by atoms with Gasteiger partial charge >= 0.3 is 5.97 Å². The second kappa shape index (κ2) is 7.65. The van der Waals surface area contributed by atoms with Gasteiger partial charge in [0.15, 0.2) is 0 Å². The zero-order valence-electron chi connectivity index (χ0n) is 12.9. The summed E-state index contributed by atoms with van der Waals surface area (Å²) in [6, 6.07) is 15.2. The minimum Gasteiger partial charge on any atom is -0.317 e. The van der Waals surface area contributed by atoms with Crippen LogP contribution in [0, 0.1) is 0 Å². The van der Waals surface area contributed by atoms with Crippen LogP contribution in [0.4, 0.5) is 0 Å². The molecule has 0 aliphatic rings. The van der Waals surface area contributed by atoms with E-state index in [-0.39, 0.29) is 16.9 Å². The molecule has 0 N–H and O–H groups in total. The van der Waals surface area contributed by atoms with Crippen LogP contribution in [0.3, 0.4) is 0 Å². The molecule has 0 saturated carbocycles. The summed E-state index contributed by atoms with van der Waals surface area (Å²) in [5.74, 6) is -1.58. The number of carbonyl (C=O) groups excluding carboxylic acids is 2. The van der Waals surface area contributed by atoms with Gasteiger partial charge in [-0.25, -0.2) is 13.2 Å². The second-order valence-corrected chi connectivity index (χ2v) is 6.59. The van der Waals surface area contributed by atoms with Gasteiger partial charge in [0.1, 0.15) is 0 Å². The van der Waals surface area contributed by atoms with Gasteiger partial charge in [-0.05, 0) is 12.1 Å². The van der Waals surface area contributed by atoms with Crippen LogP contribution < -0.4 is 0 Å². The molecule has 0 unspecified atom stereocenters. The lowest BCUT2D eigenvalue weighted by Crippen LogP contribution is -2.26. The summed E-state index contributed by atoms with van der Waals surface area (Å²) in [6.45, 7) is 1.53. The quantitative estimate of drug-likeness (QED) is 0.273. The molecule has 0 saturated heterocycles. The number of Topliss-reactive ketones (excluding diaryl/α,β-unsaturated/α-hetero) is 1. The molecule has 0 atom stereocenters. The number of oxime groups is 1. The Balaban J connectivity index is 2.51. The van der Waals surface area contributed by atoms with Crippen molar-refractivity contribution in [1.82, 2.24) is 0 Å². The van der Waals surface area contributed by atoms with Crippen LogP contribution >= 0.6 is 0 Å². The van der Waals surface area contributed by atoms with Crippen LogP contribution in [0.25, 0.3) is 0 Å². The van der Waals surface area contributed by atoms with Crippen molar-refractivity contribution in [3.63, 3.8) is 0 Å². The average molecular weight is 345 g/mol. The fraction of sp³-hybridized carbons (Fsp3) is 0.118. The monoisotopic (exact) mass is 345 g/mol. The lowest BCUT2D eigenvalue weighted by Gasteiger charge is -2.07. The first-order chi connectivity index (χ1) is 11.5. The number of benzene rings is 2. The van der Waals surface area contributed by atoms with E-state index < -0.39 is 26.6 Å². The third-order valence-corrected chi connectivity index (χ3v) is 4.72. The molecule has 0 fully saturated rings. The van der Waals surface area contributed by atoms with Gasteiger partial charge in [0, 0.05) is 12.0 Å². The van der Waals surface area contributed by atoms with Crippen LogP contribution in [-0.4, -0.2) is 25.2 Å². The first kappa shape index (κ1) is 17.6. The maximum absolute atomic E-state index is 12.7. The molecular weight excluding hydrogens is 330 g/mol. The number of nitrogens with zero attached hydrogens (tertiary/aromatic N) is 1. The average Bonchev–Trinajstić information content (AvgIpc) is 2.62. The molecule has 0 amide bonds. The molecule has 0 heterocycles. The first-order valence-corrected chi connectivity index (χ1v) is 8.63. The summed E-state index contributed by atoms with van der Waals surface area (Å²) >= 11 is 0. The lowest BCUT2D eigenvalue weighted by molar-refractivity contribution is -0.143. The van der Waals surface area contributed by atoms with Gasteiger partial charge in [-0.2, -0.15) is 0 Å². The maximum Gasteiger partial charge on any atom is 0.334 e. The topological polar surface area (TPSA) is 89.9 Å². The van der Waals surface area contributed by atoms with Gasteiger partial charge < -0.3 is 4.84 Å². The number of ketones is 1. The van der Waals surface area contributed by atoms with Crippen molar-refractivity contribution >= 4 is 26.6 Å². The van der Waals surface area contributed by atoms with E-state index in [1.54, 1.807) is 24.3 Å². The fourth-order valence-corrected chi connectivity index (χ4v) is 3.03. The molecule has 2 aromatic carbocycles. The molecule has 0 aliphatic heterocycles. The van der Waals surface area contributed by atoms with Gasteiger partial charge in [0.2, 0.25) is 20.7 Å². The highest BCUT2D eigenvalue weighted by molar-refractivity contribution is 8.08. The predicted molar refractivity (Wildman–Crippen MR) is 88.2 cm³/mol. The number of carbonyl (C=O) groups is 2. The SMILES string of the molecule is CCC(=O)O/N=C(\C(=O)c1ccccc1)S(=O)(=O)c1ccccc1. The van der Waals surface area contributed by atoms with E-state index in [0.29, 0.717) is 0 Å². The Morgan fingerprint density at radius 3 is 2.04 bits per heavy atom. The smallest absolute Gasteiger partial charge is 0.317 e. The normalized spacial score (nSPS) is 11.8. The van der Waals surface area contributed by atoms with Crippen molar-refractivity contribution in [2.24, 2.45) is 5.16 Å². The van der Waals surface area contributed by atoms with Crippen molar-refractivity contribution < 1.29 is 22.8 Å². The molecule has 0 radical (unpaired) electrons. The second-order valence-electron chi connectivity index (χ2n) is 4.72. The zero-order valence-corrected chi connectivity index (χ0v) is 13.7. The summed E-state index contributed by atoms with van der Waals surface area (Å²) in [5, 5.41) is 2.52. The Bertz CT molecular complexity index is 858. The van der Waals surface area contributed by atoms with Gasteiger partial charge in [0.25, 0.3) is 0 Å². The summed E-state index contributed by atoms with van der Waals surface area (Å²) in [5.41, 5.74) is 0.128. The molecule has 2 aromatic rings. The Labute approximate surface area is 139 Å². The van der Waals surface area contributed by atoms with Gasteiger partial charge in [-0.3, -0.25) is 4.79 Å². The van der Waals surface area contributed by atoms with Crippen LogP contribution in [0.15, 0.2) is 70.7 Å². The number of sulfone groups is 1. The van der Waals surface area contributed by atoms with Crippen molar-refractivity contribution in [3.05, 3.63) is 66.2 Å². The minimum absolute atomic E-state index is 0.00168. The van der Waals surface area contributed by atoms with Crippen molar-refractivity contribution in [3.8, 4) is 0 Å². The largest absolute Gasteiger partial charge is 0.334 e. The first-order valence-electron chi connectivity index (χ1n) is 7.14. The third-order valence-electron chi connectivity index (χ3n) is 3.06. The molecule has 124 valence electrons. The Morgan fingerprint density at radius 2 is 1.50 bits per heavy atom. The molecule has 6 nitrogen and oxygen atoms in total. The van der Waals surface area contributed by atoms with E-state index in [9.17, 15) is 18.0 Å². The minimum atomic E-state index is -4.23. The fourth-order valence-electron chi connectivity index (χ4n) is 1.79. The van der Waals surface area contributed by atoms with E-state index >= 15 is 0 Å². The molecule has 7 heteroatoms. The number of hydrogen-bond acceptors (Lipinski definition) is 6. The Kier molecular flexibility index (Phi) is 5.59. The van der Waals surface area contributed by atoms with Crippen LogP contribution in [0.5, 0.6) is 0 Å². The zero-order chi connectivity index (χ0) is 17.6. The van der Waals surface area contributed by atoms with Crippen molar-refractivity contribution in [2.45, 2.75) is 18.2 Å². The Hall–Kier alpha value is -2.80. The van der Waals surface area contributed by atoms with Crippen LogP contribution in [-0.2, 0) is 19.5 Å². The number of rotatable bonds is 5. The highest BCUT2D eigenvalue weighted by Gasteiger charge is 2.31. The van der Waals surface area contributed by atoms with Crippen molar-refractivity contribution in [2.75, 3.05) is 0 Å². The van der Waals surface area contributed by atoms with E-state index in [4.69, 9.17) is 0 Å². The molecule has 0 aliphatic carbocycles. The molecule has 24 heavy (non-hydrogen) atoms. The Morgan fingerprint density at radius 1 is 0.958 bits per heavy atom. The van der Waals surface area contributed by atoms with E-state index in [1.807, 2.05) is 0 Å². The van der Waals surface area contributed by atoms with Crippen molar-refractivity contribution in [1.29, 1.82) is 0 Å². The maximum atomic E-state index is 12.7. The molecule has 2 rings (SSSR count). The molecule has 0 aromatic heterocycles. The summed E-state index contributed by atoms with van der Waals surface area (Å²) in [7, 11) is -4.23. The highest BCUT2D eigenvalue weighted by Crippen LogP contribution is 2.16. The number of hydrogen-bond donors (Lipinski definition) is 0. The molecular formula is C17H15NO5S. The lowest BCUT2D eigenvalue weighted by atomic mass is 10.1. The van der Waals surface area contributed by atoms with E-state index in [2.05, 4.69) is 9.99 Å². The van der Waals surface area contributed by atoms with Crippen LogP contribution in [0.2, 0.25) is 0 Å². The molecule has 0 bridgehead atoms. The standard InChI is InChI=1S/C17H15NO5S/c1-2-15(19)23-18-17(16(20)13-9-5-3-6-10-13)24(21,22)14-11-7-4-8-12-14/h3-12H,2H2,1H3/b18-17+. The van der Waals surface area contributed by atoms with E-state index in [0.717, 1.165) is 0 Å². The third kappa shape index (κ3) is 3.94.